The molecule has 4 rings (SSSR count). The average molecular weight is 373 g/mol. The van der Waals surface area contributed by atoms with E-state index in [0.717, 1.165) is 11.1 Å². The normalized spacial score (nSPS) is 18.4. The molecule has 2 aromatic heterocycles. The van der Waals surface area contributed by atoms with E-state index >= 15 is 0 Å². The number of aryl methyl sites for hydroxylation is 1. The monoisotopic (exact) mass is 373 g/mol. The van der Waals surface area contributed by atoms with E-state index in [4.69, 9.17) is 9.26 Å². The van der Waals surface area contributed by atoms with Crippen molar-refractivity contribution in [2.24, 2.45) is 0 Å². The third-order valence-electron chi connectivity index (χ3n) is 4.52. The zero-order valence-corrected chi connectivity index (χ0v) is 15.1. The molecule has 3 aromatic rings. The Balaban J connectivity index is 1.46. The first-order chi connectivity index (χ1) is 12.5. The van der Waals surface area contributed by atoms with Crippen molar-refractivity contribution < 1.29 is 17.7 Å². The SMILES string of the molecule is Cc1ncccc1O[C@@H]1CCN(S(=O)(=O)Cc2noc3ccccc23)C1. The maximum Gasteiger partial charge on any atom is 0.220 e. The number of para-hydroxylation sites is 1. The summed E-state index contributed by atoms with van der Waals surface area (Å²) in [5, 5.41) is 4.66. The van der Waals surface area contributed by atoms with Gasteiger partial charge in [-0.05, 0) is 37.6 Å². The van der Waals surface area contributed by atoms with Crippen LogP contribution in [0.1, 0.15) is 17.8 Å². The van der Waals surface area contributed by atoms with Gasteiger partial charge in [0.25, 0.3) is 0 Å². The predicted octanol–water partition coefficient (Wildman–Crippen LogP) is 2.51. The lowest BCUT2D eigenvalue weighted by Crippen LogP contribution is -2.32. The molecule has 0 spiro atoms. The number of aromatic nitrogens is 2. The number of ether oxygens (including phenoxy) is 1. The van der Waals surface area contributed by atoms with Crippen LogP contribution < -0.4 is 4.74 Å². The molecule has 0 saturated carbocycles. The lowest BCUT2D eigenvalue weighted by molar-refractivity contribution is 0.213. The van der Waals surface area contributed by atoms with Crippen LogP contribution in [-0.4, -0.2) is 42.1 Å². The van der Waals surface area contributed by atoms with Gasteiger partial charge in [-0.1, -0.05) is 17.3 Å². The number of hydrogen-bond acceptors (Lipinski definition) is 6. The third kappa shape index (κ3) is 3.30. The van der Waals surface area contributed by atoms with Crippen molar-refractivity contribution >= 4 is 21.0 Å². The van der Waals surface area contributed by atoms with Crippen LogP contribution in [0.25, 0.3) is 11.0 Å². The largest absolute Gasteiger partial charge is 0.487 e. The Hall–Kier alpha value is -2.45. The van der Waals surface area contributed by atoms with Crippen LogP contribution in [0.15, 0.2) is 47.1 Å². The molecule has 0 unspecified atom stereocenters. The van der Waals surface area contributed by atoms with E-state index in [1.165, 1.54) is 4.31 Å². The standard InChI is InChI=1S/C18H19N3O4S/c1-13-17(7-4-9-19-13)24-14-8-10-21(11-14)26(22,23)12-16-15-5-2-3-6-18(15)25-20-16/h2-7,9,14H,8,10-12H2,1H3/t14-/m1/s1. The summed E-state index contributed by atoms with van der Waals surface area (Å²) in [6, 6.07) is 10.9. The van der Waals surface area contributed by atoms with Crippen molar-refractivity contribution in [3.63, 3.8) is 0 Å². The van der Waals surface area contributed by atoms with Crippen LogP contribution in [0, 0.1) is 6.92 Å². The number of sulfonamides is 1. The van der Waals surface area contributed by atoms with Gasteiger partial charge in [0.15, 0.2) is 5.58 Å². The van der Waals surface area contributed by atoms with E-state index in [0.29, 0.717) is 36.5 Å². The number of rotatable bonds is 5. The Bertz CT molecular complexity index is 1030. The molecule has 0 N–H and O–H groups in total. The van der Waals surface area contributed by atoms with Crippen LogP contribution in [-0.2, 0) is 15.8 Å². The molecular weight excluding hydrogens is 354 g/mol. The Morgan fingerprint density at radius 2 is 2.12 bits per heavy atom. The Kier molecular flexibility index (Phi) is 4.37. The second-order valence-electron chi connectivity index (χ2n) is 6.36. The fourth-order valence-corrected chi connectivity index (χ4v) is 4.64. The topological polar surface area (TPSA) is 85.5 Å². The van der Waals surface area contributed by atoms with Gasteiger partial charge in [-0.25, -0.2) is 8.42 Å². The van der Waals surface area contributed by atoms with Crippen LogP contribution >= 0.6 is 0 Å². The number of benzene rings is 1. The molecular formula is C18H19N3O4S. The smallest absolute Gasteiger partial charge is 0.220 e. The van der Waals surface area contributed by atoms with Crippen LogP contribution in [0.5, 0.6) is 5.75 Å². The van der Waals surface area contributed by atoms with E-state index in [1.54, 1.807) is 12.3 Å². The molecule has 1 fully saturated rings. The molecule has 26 heavy (non-hydrogen) atoms. The molecule has 0 amide bonds. The summed E-state index contributed by atoms with van der Waals surface area (Å²) < 4.78 is 38.2. The molecule has 1 aliphatic heterocycles. The van der Waals surface area contributed by atoms with E-state index in [-0.39, 0.29) is 11.9 Å². The summed E-state index contributed by atoms with van der Waals surface area (Å²) in [6.45, 7) is 2.63. The fourth-order valence-electron chi connectivity index (χ4n) is 3.13. The summed E-state index contributed by atoms with van der Waals surface area (Å²) in [5.74, 6) is 0.516. The molecule has 1 aromatic carbocycles. The second kappa shape index (κ2) is 6.69. The zero-order valence-electron chi connectivity index (χ0n) is 14.3. The van der Waals surface area contributed by atoms with Gasteiger partial charge in [0.1, 0.15) is 23.3 Å². The number of hydrogen-bond donors (Lipinski definition) is 0. The van der Waals surface area contributed by atoms with E-state index in [9.17, 15) is 8.42 Å². The molecule has 1 atom stereocenters. The predicted molar refractivity (Wildman–Crippen MR) is 96.2 cm³/mol. The first-order valence-electron chi connectivity index (χ1n) is 8.42. The Morgan fingerprint density at radius 3 is 2.96 bits per heavy atom. The van der Waals surface area contributed by atoms with E-state index in [2.05, 4.69) is 10.1 Å². The quantitative estimate of drug-likeness (QED) is 0.683. The van der Waals surface area contributed by atoms with E-state index < -0.39 is 10.0 Å². The number of pyridine rings is 1. The summed E-state index contributed by atoms with van der Waals surface area (Å²) >= 11 is 0. The van der Waals surface area contributed by atoms with Gasteiger partial charge in [-0.3, -0.25) is 4.98 Å². The molecule has 136 valence electrons. The van der Waals surface area contributed by atoms with Gasteiger partial charge < -0.3 is 9.26 Å². The van der Waals surface area contributed by atoms with Gasteiger partial charge in [-0.2, -0.15) is 4.31 Å². The van der Waals surface area contributed by atoms with Crippen LogP contribution in [0.2, 0.25) is 0 Å². The van der Waals surface area contributed by atoms with Gasteiger partial charge >= 0.3 is 0 Å². The third-order valence-corrected chi connectivity index (χ3v) is 6.28. The minimum absolute atomic E-state index is 0.178. The highest BCUT2D eigenvalue weighted by molar-refractivity contribution is 7.88. The maximum absolute atomic E-state index is 12.8. The molecule has 0 radical (unpaired) electrons. The van der Waals surface area contributed by atoms with E-state index in [1.807, 2.05) is 37.3 Å². The highest BCUT2D eigenvalue weighted by atomic mass is 32.2. The highest BCUT2D eigenvalue weighted by Gasteiger charge is 2.33. The molecule has 1 saturated heterocycles. The molecule has 0 aliphatic carbocycles. The highest BCUT2D eigenvalue weighted by Crippen LogP contribution is 2.25. The lowest BCUT2D eigenvalue weighted by atomic mass is 10.2. The Morgan fingerprint density at radius 1 is 1.27 bits per heavy atom. The summed E-state index contributed by atoms with van der Waals surface area (Å²) in [7, 11) is -3.49. The molecule has 0 bridgehead atoms. The minimum Gasteiger partial charge on any atom is -0.487 e. The first-order valence-corrected chi connectivity index (χ1v) is 10.0. The van der Waals surface area contributed by atoms with Crippen molar-refractivity contribution in [3.05, 3.63) is 54.0 Å². The van der Waals surface area contributed by atoms with Crippen molar-refractivity contribution in [2.45, 2.75) is 25.2 Å². The van der Waals surface area contributed by atoms with Crippen molar-refractivity contribution in [1.29, 1.82) is 0 Å². The average Bonchev–Trinajstić information content (AvgIpc) is 3.25. The van der Waals surface area contributed by atoms with Crippen LogP contribution in [0.4, 0.5) is 0 Å². The lowest BCUT2D eigenvalue weighted by Gasteiger charge is -2.17. The van der Waals surface area contributed by atoms with Gasteiger partial charge in [0, 0.05) is 18.1 Å². The molecule has 3 heterocycles. The molecule has 1 aliphatic rings. The van der Waals surface area contributed by atoms with Crippen LogP contribution in [0.3, 0.4) is 0 Å². The minimum atomic E-state index is -3.49. The fraction of sp³-hybridized carbons (Fsp3) is 0.333. The summed E-state index contributed by atoms with van der Waals surface area (Å²) in [5.41, 5.74) is 1.82. The van der Waals surface area contributed by atoms with Gasteiger partial charge in [-0.15, -0.1) is 0 Å². The van der Waals surface area contributed by atoms with Gasteiger partial charge in [0.2, 0.25) is 10.0 Å². The zero-order chi connectivity index (χ0) is 18.1. The van der Waals surface area contributed by atoms with Gasteiger partial charge in [0.05, 0.1) is 12.2 Å². The number of fused-ring (bicyclic) bond motifs is 1. The summed E-state index contributed by atoms with van der Waals surface area (Å²) in [6.07, 6.45) is 2.17. The van der Waals surface area contributed by atoms with Crippen molar-refractivity contribution in [2.75, 3.05) is 13.1 Å². The van der Waals surface area contributed by atoms with Crippen molar-refractivity contribution in [3.8, 4) is 5.75 Å². The maximum atomic E-state index is 12.8. The molecule has 8 heteroatoms. The van der Waals surface area contributed by atoms with Crippen molar-refractivity contribution in [1.82, 2.24) is 14.4 Å². The summed E-state index contributed by atoms with van der Waals surface area (Å²) in [4.78, 5) is 4.19. The second-order valence-corrected chi connectivity index (χ2v) is 8.32. The molecule has 7 nitrogen and oxygen atoms in total. The number of nitrogens with zero attached hydrogens (tertiary/aromatic N) is 3. The first kappa shape index (κ1) is 17.0. The Labute approximate surface area is 151 Å².